The van der Waals surface area contributed by atoms with Crippen molar-refractivity contribution in [2.75, 3.05) is 0 Å². The zero-order chi connectivity index (χ0) is 6.81. The van der Waals surface area contributed by atoms with Crippen molar-refractivity contribution in [2.24, 2.45) is 0 Å². The van der Waals surface area contributed by atoms with E-state index in [-0.39, 0.29) is 0 Å². The molecule has 2 aliphatic rings. The van der Waals surface area contributed by atoms with Crippen molar-refractivity contribution < 1.29 is 0 Å². The zero-order valence-corrected chi connectivity index (χ0v) is 7.29. The summed E-state index contributed by atoms with van der Waals surface area (Å²) in [6.45, 7) is 0. The van der Waals surface area contributed by atoms with Crippen LogP contribution in [0, 0.1) is 0 Å². The third-order valence-corrected chi connectivity index (χ3v) is 3.72. The van der Waals surface area contributed by atoms with Crippen molar-refractivity contribution in [1.82, 2.24) is 0 Å². The van der Waals surface area contributed by atoms with Gasteiger partial charge in [-0.3, -0.25) is 0 Å². The summed E-state index contributed by atoms with van der Waals surface area (Å²) >= 11 is 0.647. The molecular formula is C9H8Se. The molecule has 1 aliphatic carbocycles. The summed E-state index contributed by atoms with van der Waals surface area (Å²) in [7, 11) is 0. The second kappa shape index (κ2) is 2.61. The minimum absolute atomic E-state index is 0.647. The predicted molar refractivity (Wildman–Crippen MR) is 44.8 cm³/mol. The number of hydrogen-bond donors (Lipinski definition) is 0. The van der Waals surface area contributed by atoms with Crippen LogP contribution in [0.5, 0.6) is 0 Å². The number of hydrogen-bond acceptors (Lipinski definition) is 0. The summed E-state index contributed by atoms with van der Waals surface area (Å²) < 4.78 is 1.62. The van der Waals surface area contributed by atoms with Gasteiger partial charge >= 0.3 is 66.8 Å². The van der Waals surface area contributed by atoms with E-state index in [1.807, 2.05) is 0 Å². The Balaban J connectivity index is 2.29. The van der Waals surface area contributed by atoms with Crippen LogP contribution in [-0.4, -0.2) is 15.0 Å². The first-order valence-corrected chi connectivity index (χ1v) is 5.21. The first-order valence-electron chi connectivity index (χ1n) is 3.36. The maximum absolute atomic E-state index is 2.30. The topological polar surface area (TPSA) is 0 Å². The Labute approximate surface area is 67.2 Å². The second-order valence-corrected chi connectivity index (χ2v) is 4.39. The van der Waals surface area contributed by atoms with Gasteiger partial charge in [0.25, 0.3) is 0 Å². The van der Waals surface area contributed by atoms with Gasteiger partial charge in [-0.05, 0) is 0 Å². The normalized spacial score (nSPS) is 21.6. The molecule has 0 fully saturated rings. The molecule has 0 bridgehead atoms. The Kier molecular flexibility index (Phi) is 1.62. The summed E-state index contributed by atoms with van der Waals surface area (Å²) in [5, 5.41) is 0. The molecule has 0 atom stereocenters. The van der Waals surface area contributed by atoms with Gasteiger partial charge in [0.1, 0.15) is 0 Å². The molecule has 0 aromatic carbocycles. The molecule has 1 heterocycles. The Morgan fingerprint density at radius 3 is 2.60 bits per heavy atom. The molecule has 0 saturated carbocycles. The minimum atomic E-state index is 0.647. The van der Waals surface area contributed by atoms with Crippen LogP contribution in [0.3, 0.4) is 0 Å². The van der Waals surface area contributed by atoms with Crippen LogP contribution in [-0.2, 0) is 0 Å². The third-order valence-electron chi connectivity index (χ3n) is 1.59. The van der Waals surface area contributed by atoms with Gasteiger partial charge in [0.15, 0.2) is 0 Å². The van der Waals surface area contributed by atoms with Crippen LogP contribution in [0.15, 0.2) is 45.4 Å². The van der Waals surface area contributed by atoms with E-state index in [4.69, 9.17) is 0 Å². The van der Waals surface area contributed by atoms with Crippen molar-refractivity contribution >= 4 is 15.0 Å². The molecular weight excluding hydrogens is 187 g/mol. The average Bonchev–Trinajstić information content (AvgIpc) is 2.59. The van der Waals surface area contributed by atoms with Gasteiger partial charge in [0, 0.05) is 0 Å². The van der Waals surface area contributed by atoms with E-state index in [1.54, 1.807) is 4.47 Å². The number of rotatable bonds is 0. The monoisotopic (exact) mass is 196 g/mol. The Morgan fingerprint density at radius 1 is 1.20 bits per heavy atom. The molecule has 0 unspecified atom stereocenters. The Bertz CT molecular complexity index is 230. The fourth-order valence-electron chi connectivity index (χ4n) is 1.08. The van der Waals surface area contributed by atoms with Crippen molar-refractivity contribution in [2.45, 2.75) is 6.42 Å². The van der Waals surface area contributed by atoms with Crippen LogP contribution in [0.1, 0.15) is 6.42 Å². The first kappa shape index (κ1) is 6.21. The SMILES string of the molecule is C1=CC(=C2CC=C[Se]2)C=C1. The van der Waals surface area contributed by atoms with Gasteiger partial charge < -0.3 is 0 Å². The summed E-state index contributed by atoms with van der Waals surface area (Å²) in [5.74, 6) is 0. The van der Waals surface area contributed by atoms with E-state index >= 15 is 0 Å². The van der Waals surface area contributed by atoms with Crippen LogP contribution in [0.4, 0.5) is 0 Å². The maximum atomic E-state index is 2.30. The summed E-state index contributed by atoms with van der Waals surface area (Å²) in [6, 6.07) is 0. The van der Waals surface area contributed by atoms with E-state index in [0.717, 1.165) is 0 Å². The van der Waals surface area contributed by atoms with Crippen molar-refractivity contribution in [3.05, 3.63) is 45.4 Å². The van der Waals surface area contributed by atoms with Crippen molar-refractivity contribution in [3.63, 3.8) is 0 Å². The van der Waals surface area contributed by atoms with Gasteiger partial charge in [-0.2, -0.15) is 0 Å². The molecule has 0 aromatic rings. The molecule has 0 aromatic heterocycles. The summed E-state index contributed by atoms with van der Waals surface area (Å²) in [5.41, 5.74) is 1.45. The molecule has 50 valence electrons. The number of allylic oxidation sites excluding steroid dienone is 7. The average molecular weight is 195 g/mol. The first-order chi connectivity index (χ1) is 4.97. The Hall–Kier alpha value is -0.521. The summed E-state index contributed by atoms with van der Waals surface area (Å²) in [4.78, 5) is 2.30. The summed E-state index contributed by atoms with van der Waals surface area (Å²) in [6.07, 6.45) is 12.1. The van der Waals surface area contributed by atoms with E-state index in [1.165, 1.54) is 12.0 Å². The van der Waals surface area contributed by atoms with Gasteiger partial charge in [0.05, 0.1) is 0 Å². The van der Waals surface area contributed by atoms with Crippen molar-refractivity contribution in [3.8, 4) is 0 Å². The van der Waals surface area contributed by atoms with Gasteiger partial charge in [-0.15, -0.1) is 0 Å². The van der Waals surface area contributed by atoms with Gasteiger partial charge in [0.2, 0.25) is 0 Å². The molecule has 10 heavy (non-hydrogen) atoms. The van der Waals surface area contributed by atoms with E-state index in [9.17, 15) is 0 Å². The quantitative estimate of drug-likeness (QED) is 0.518. The molecule has 0 amide bonds. The molecule has 0 N–H and O–H groups in total. The fraction of sp³-hybridized carbons (Fsp3) is 0.111. The van der Waals surface area contributed by atoms with Gasteiger partial charge in [-0.25, -0.2) is 0 Å². The molecule has 1 aliphatic heterocycles. The standard InChI is InChI=1S/C9H8Se/c1-2-5-8(4-1)9-6-3-7-10-9/h1-5,7H,6H2. The van der Waals surface area contributed by atoms with Crippen LogP contribution < -0.4 is 0 Å². The van der Waals surface area contributed by atoms with E-state index < -0.39 is 0 Å². The zero-order valence-electron chi connectivity index (χ0n) is 5.58. The second-order valence-electron chi connectivity index (χ2n) is 2.29. The molecule has 0 spiro atoms. The molecule has 0 nitrogen and oxygen atoms in total. The predicted octanol–water partition coefficient (Wildman–Crippen LogP) is 1.99. The molecule has 0 radical (unpaired) electrons. The third kappa shape index (κ3) is 1.03. The molecule has 0 saturated heterocycles. The van der Waals surface area contributed by atoms with Crippen molar-refractivity contribution in [1.29, 1.82) is 0 Å². The van der Waals surface area contributed by atoms with Gasteiger partial charge in [-0.1, -0.05) is 0 Å². The Morgan fingerprint density at radius 2 is 2.00 bits per heavy atom. The van der Waals surface area contributed by atoms with Crippen LogP contribution >= 0.6 is 0 Å². The molecule has 2 rings (SSSR count). The van der Waals surface area contributed by atoms with E-state index in [0.29, 0.717) is 15.0 Å². The van der Waals surface area contributed by atoms with E-state index in [2.05, 4.69) is 35.4 Å². The fourth-order valence-corrected chi connectivity index (χ4v) is 2.80. The van der Waals surface area contributed by atoms with Crippen LogP contribution in [0.2, 0.25) is 0 Å². The molecule has 1 heteroatoms. The van der Waals surface area contributed by atoms with Crippen LogP contribution in [0.25, 0.3) is 0 Å².